The Kier molecular flexibility index (Phi) is 2.52. The molecule has 3 nitrogen and oxygen atoms in total. The number of piperidine rings is 1. The SMILES string of the molecule is CC1(C(=O)N2CCCCC2CN)CC1. The molecular weight excluding hydrogens is 176 g/mol. The molecule has 2 fully saturated rings. The molecule has 1 saturated heterocycles. The summed E-state index contributed by atoms with van der Waals surface area (Å²) in [7, 11) is 0. The van der Waals surface area contributed by atoms with Gasteiger partial charge in [0.05, 0.1) is 0 Å². The molecule has 1 aliphatic carbocycles. The van der Waals surface area contributed by atoms with E-state index in [0.717, 1.165) is 32.2 Å². The van der Waals surface area contributed by atoms with Gasteiger partial charge in [-0.15, -0.1) is 0 Å². The fourth-order valence-corrected chi connectivity index (χ4v) is 2.26. The normalized spacial score (nSPS) is 30.1. The van der Waals surface area contributed by atoms with Crippen LogP contribution in [0.2, 0.25) is 0 Å². The first kappa shape index (κ1) is 9.97. The van der Waals surface area contributed by atoms with Gasteiger partial charge in [0, 0.05) is 24.5 Å². The van der Waals surface area contributed by atoms with Crippen LogP contribution >= 0.6 is 0 Å². The van der Waals surface area contributed by atoms with Gasteiger partial charge in [0.2, 0.25) is 5.91 Å². The second-order valence-corrected chi connectivity index (χ2v) is 4.94. The van der Waals surface area contributed by atoms with Crippen LogP contribution in [0.15, 0.2) is 0 Å². The van der Waals surface area contributed by atoms with Crippen LogP contribution in [0.3, 0.4) is 0 Å². The topological polar surface area (TPSA) is 46.3 Å². The molecule has 2 rings (SSSR count). The number of nitrogens with two attached hydrogens (primary N) is 1. The number of rotatable bonds is 2. The summed E-state index contributed by atoms with van der Waals surface area (Å²) in [6, 6.07) is 0.314. The molecule has 0 aromatic heterocycles. The lowest BCUT2D eigenvalue weighted by Gasteiger charge is -2.36. The summed E-state index contributed by atoms with van der Waals surface area (Å²) in [5.41, 5.74) is 5.68. The van der Waals surface area contributed by atoms with Crippen molar-refractivity contribution in [3.05, 3.63) is 0 Å². The maximum absolute atomic E-state index is 12.1. The van der Waals surface area contributed by atoms with Crippen LogP contribution in [0, 0.1) is 5.41 Å². The summed E-state index contributed by atoms with van der Waals surface area (Å²) >= 11 is 0. The van der Waals surface area contributed by atoms with Crippen molar-refractivity contribution >= 4 is 5.91 Å². The molecule has 0 radical (unpaired) electrons. The molecule has 80 valence electrons. The largest absolute Gasteiger partial charge is 0.338 e. The third kappa shape index (κ3) is 1.65. The number of carbonyl (C=O) groups excluding carboxylic acids is 1. The Labute approximate surface area is 85.6 Å². The molecule has 3 heteroatoms. The minimum atomic E-state index is -0.0231. The molecule has 1 atom stereocenters. The van der Waals surface area contributed by atoms with E-state index in [-0.39, 0.29) is 5.41 Å². The van der Waals surface area contributed by atoms with Gasteiger partial charge in [0.1, 0.15) is 0 Å². The Bertz CT molecular complexity index is 235. The zero-order valence-corrected chi connectivity index (χ0v) is 8.96. The van der Waals surface area contributed by atoms with Crippen molar-refractivity contribution in [1.29, 1.82) is 0 Å². The van der Waals surface area contributed by atoms with Gasteiger partial charge in [0.15, 0.2) is 0 Å². The van der Waals surface area contributed by atoms with Crippen LogP contribution in [-0.2, 0) is 4.79 Å². The Balaban J connectivity index is 2.03. The quantitative estimate of drug-likeness (QED) is 0.719. The molecule has 2 N–H and O–H groups in total. The molecule has 1 saturated carbocycles. The van der Waals surface area contributed by atoms with Crippen molar-refractivity contribution in [3.63, 3.8) is 0 Å². The fourth-order valence-electron chi connectivity index (χ4n) is 2.26. The van der Waals surface area contributed by atoms with Crippen LogP contribution in [0.5, 0.6) is 0 Å². The van der Waals surface area contributed by atoms with E-state index in [2.05, 4.69) is 6.92 Å². The third-order valence-corrected chi connectivity index (χ3v) is 3.68. The lowest BCUT2D eigenvalue weighted by molar-refractivity contribution is -0.139. The van der Waals surface area contributed by atoms with Crippen molar-refractivity contribution in [3.8, 4) is 0 Å². The van der Waals surface area contributed by atoms with Gasteiger partial charge in [-0.25, -0.2) is 0 Å². The van der Waals surface area contributed by atoms with Crippen molar-refractivity contribution < 1.29 is 4.79 Å². The van der Waals surface area contributed by atoms with Gasteiger partial charge in [-0.1, -0.05) is 6.92 Å². The number of hydrogen-bond acceptors (Lipinski definition) is 2. The number of hydrogen-bond donors (Lipinski definition) is 1. The van der Waals surface area contributed by atoms with E-state index < -0.39 is 0 Å². The third-order valence-electron chi connectivity index (χ3n) is 3.68. The number of likely N-dealkylation sites (tertiary alicyclic amines) is 1. The average Bonchev–Trinajstić information content (AvgIpc) is 2.97. The standard InChI is InChI=1S/C11H20N2O/c1-11(5-6-11)10(14)13-7-3-2-4-9(13)8-12/h9H,2-8,12H2,1H3. The molecule has 1 aliphatic heterocycles. The minimum Gasteiger partial charge on any atom is -0.338 e. The summed E-state index contributed by atoms with van der Waals surface area (Å²) in [6.07, 6.45) is 5.61. The average molecular weight is 196 g/mol. The van der Waals surface area contributed by atoms with Gasteiger partial charge in [-0.05, 0) is 32.1 Å². The second kappa shape index (κ2) is 3.54. The van der Waals surface area contributed by atoms with E-state index in [9.17, 15) is 4.79 Å². The molecule has 0 spiro atoms. The van der Waals surface area contributed by atoms with Crippen LogP contribution in [0.4, 0.5) is 0 Å². The first-order valence-electron chi connectivity index (χ1n) is 5.68. The van der Waals surface area contributed by atoms with Gasteiger partial charge in [-0.2, -0.15) is 0 Å². The van der Waals surface area contributed by atoms with E-state index >= 15 is 0 Å². The molecule has 0 aromatic rings. The molecule has 2 aliphatic rings. The van der Waals surface area contributed by atoms with E-state index in [0.29, 0.717) is 18.5 Å². The lowest BCUT2D eigenvalue weighted by atomic mass is 9.99. The van der Waals surface area contributed by atoms with Gasteiger partial charge in [-0.3, -0.25) is 4.79 Å². The highest BCUT2D eigenvalue weighted by molar-refractivity contribution is 5.85. The van der Waals surface area contributed by atoms with Crippen LogP contribution < -0.4 is 5.73 Å². The van der Waals surface area contributed by atoms with Gasteiger partial charge >= 0.3 is 0 Å². The van der Waals surface area contributed by atoms with E-state index in [4.69, 9.17) is 5.73 Å². The van der Waals surface area contributed by atoms with Crippen molar-refractivity contribution in [2.75, 3.05) is 13.1 Å². The molecule has 1 amide bonds. The van der Waals surface area contributed by atoms with Gasteiger partial charge in [0.25, 0.3) is 0 Å². The number of nitrogens with zero attached hydrogens (tertiary/aromatic N) is 1. The minimum absolute atomic E-state index is 0.0231. The molecule has 1 unspecified atom stereocenters. The van der Waals surface area contributed by atoms with E-state index in [1.54, 1.807) is 0 Å². The predicted molar refractivity (Wildman–Crippen MR) is 55.7 cm³/mol. The van der Waals surface area contributed by atoms with E-state index in [1.807, 2.05) is 4.90 Å². The Morgan fingerprint density at radius 2 is 2.21 bits per heavy atom. The van der Waals surface area contributed by atoms with Crippen molar-refractivity contribution in [2.24, 2.45) is 11.1 Å². The first-order valence-corrected chi connectivity index (χ1v) is 5.68. The summed E-state index contributed by atoms with van der Waals surface area (Å²) in [5.74, 6) is 0.354. The molecule has 0 bridgehead atoms. The maximum Gasteiger partial charge on any atom is 0.228 e. The first-order chi connectivity index (χ1) is 6.67. The predicted octanol–water partition coefficient (Wildman–Crippen LogP) is 1.13. The fraction of sp³-hybridized carbons (Fsp3) is 0.909. The second-order valence-electron chi connectivity index (χ2n) is 4.94. The van der Waals surface area contributed by atoms with Crippen molar-refractivity contribution in [1.82, 2.24) is 4.90 Å². The molecule has 0 aromatic carbocycles. The highest BCUT2D eigenvalue weighted by Crippen LogP contribution is 2.47. The van der Waals surface area contributed by atoms with E-state index in [1.165, 1.54) is 6.42 Å². The Hall–Kier alpha value is -0.570. The summed E-state index contributed by atoms with van der Waals surface area (Å²) < 4.78 is 0. The Morgan fingerprint density at radius 1 is 1.50 bits per heavy atom. The zero-order valence-electron chi connectivity index (χ0n) is 8.96. The van der Waals surface area contributed by atoms with Crippen LogP contribution in [0.1, 0.15) is 39.0 Å². The monoisotopic (exact) mass is 196 g/mol. The highest BCUT2D eigenvalue weighted by atomic mass is 16.2. The zero-order chi connectivity index (χ0) is 10.2. The highest BCUT2D eigenvalue weighted by Gasteiger charge is 2.48. The lowest BCUT2D eigenvalue weighted by Crippen LogP contribution is -2.49. The molecular formula is C11H20N2O. The summed E-state index contributed by atoms with van der Waals surface area (Å²) in [6.45, 7) is 3.63. The van der Waals surface area contributed by atoms with Gasteiger partial charge < -0.3 is 10.6 Å². The number of amides is 1. The summed E-state index contributed by atoms with van der Waals surface area (Å²) in [5, 5.41) is 0. The van der Waals surface area contributed by atoms with Crippen LogP contribution in [-0.4, -0.2) is 29.9 Å². The molecule has 14 heavy (non-hydrogen) atoms. The Morgan fingerprint density at radius 3 is 2.79 bits per heavy atom. The van der Waals surface area contributed by atoms with Crippen molar-refractivity contribution in [2.45, 2.75) is 45.1 Å². The maximum atomic E-state index is 12.1. The number of carbonyl (C=O) groups is 1. The van der Waals surface area contributed by atoms with Crippen LogP contribution in [0.25, 0.3) is 0 Å². The smallest absolute Gasteiger partial charge is 0.228 e. The summed E-state index contributed by atoms with van der Waals surface area (Å²) in [4.78, 5) is 14.2. The molecule has 1 heterocycles.